The van der Waals surface area contributed by atoms with Gasteiger partial charge in [0.05, 0.1) is 0 Å². The predicted molar refractivity (Wildman–Crippen MR) is 94.4 cm³/mol. The van der Waals surface area contributed by atoms with Crippen molar-refractivity contribution in [2.24, 2.45) is 0 Å². The Hall–Kier alpha value is -2.29. The number of piperazine rings is 1. The number of carbonyl (C=O) groups excluding carboxylic acids is 1. The molecule has 0 N–H and O–H groups in total. The van der Waals surface area contributed by atoms with Gasteiger partial charge in [-0.2, -0.15) is 0 Å². The zero-order valence-corrected chi connectivity index (χ0v) is 13.6. The average molecular weight is 307 g/mol. The van der Waals surface area contributed by atoms with E-state index < -0.39 is 0 Å². The van der Waals surface area contributed by atoms with Crippen molar-refractivity contribution in [1.82, 2.24) is 4.90 Å². The molecule has 0 bridgehead atoms. The number of anilines is 1. The lowest BCUT2D eigenvalue weighted by Gasteiger charge is -2.36. The van der Waals surface area contributed by atoms with Crippen LogP contribution in [0.2, 0.25) is 0 Å². The van der Waals surface area contributed by atoms with Crippen LogP contribution < -0.4 is 4.90 Å². The standard InChI is InChI=1S/C20H23N2O/c1-17-7-9-18(10-8-17)11-12-20(23)22-15-13-21(14-16-22)19-5-3-2-4-6-19/h2-11H,12-16H2,1H3. The number of para-hydroxylation sites is 1. The molecule has 0 unspecified atom stereocenters. The fourth-order valence-electron chi connectivity index (χ4n) is 2.89. The maximum absolute atomic E-state index is 12.4. The molecule has 1 saturated heterocycles. The molecule has 119 valence electrons. The highest BCUT2D eigenvalue weighted by Gasteiger charge is 2.20. The number of carbonyl (C=O) groups is 1. The van der Waals surface area contributed by atoms with E-state index in [-0.39, 0.29) is 5.91 Å². The third kappa shape index (κ3) is 4.13. The first-order valence-corrected chi connectivity index (χ1v) is 8.20. The molecule has 1 amide bonds. The molecule has 23 heavy (non-hydrogen) atoms. The zero-order chi connectivity index (χ0) is 16.1. The predicted octanol–water partition coefficient (Wildman–Crippen LogP) is 3.29. The van der Waals surface area contributed by atoms with Crippen LogP contribution in [0.1, 0.15) is 17.5 Å². The SMILES string of the molecule is Cc1ccc([CH]CC(=O)N2CCN(c3ccccc3)CC2)cc1. The molecule has 2 aromatic carbocycles. The summed E-state index contributed by atoms with van der Waals surface area (Å²) in [5.41, 5.74) is 3.60. The first-order chi connectivity index (χ1) is 11.2. The van der Waals surface area contributed by atoms with Gasteiger partial charge in [-0.3, -0.25) is 4.79 Å². The number of benzene rings is 2. The van der Waals surface area contributed by atoms with Crippen molar-refractivity contribution in [3.05, 3.63) is 72.1 Å². The fraction of sp³-hybridized carbons (Fsp3) is 0.300. The molecule has 0 aliphatic carbocycles. The van der Waals surface area contributed by atoms with Crippen molar-refractivity contribution in [1.29, 1.82) is 0 Å². The van der Waals surface area contributed by atoms with Crippen LogP contribution >= 0.6 is 0 Å². The molecule has 3 rings (SSSR count). The zero-order valence-electron chi connectivity index (χ0n) is 13.6. The van der Waals surface area contributed by atoms with Crippen LogP contribution in [0.3, 0.4) is 0 Å². The molecule has 0 aromatic heterocycles. The number of aryl methyl sites for hydroxylation is 1. The third-order valence-electron chi connectivity index (χ3n) is 4.34. The van der Waals surface area contributed by atoms with E-state index in [0.29, 0.717) is 6.42 Å². The topological polar surface area (TPSA) is 23.6 Å². The summed E-state index contributed by atoms with van der Waals surface area (Å²) in [6.07, 6.45) is 2.50. The third-order valence-corrected chi connectivity index (χ3v) is 4.34. The van der Waals surface area contributed by atoms with Crippen LogP contribution in [0.5, 0.6) is 0 Å². The fourth-order valence-corrected chi connectivity index (χ4v) is 2.89. The van der Waals surface area contributed by atoms with E-state index >= 15 is 0 Å². The van der Waals surface area contributed by atoms with Crippen LogP contribution in [0.4, 0.5) is 5.69 Å². The Labute approximate surface area is 138 Å². The molecular formula is C20H23N2O. The Morgan fingerprint density at radius 1 is 0.957 bits per heavy atom. The molecule has 0 spiro atoms. The molecule has 1 heterocycles. The number of rotatable bonds is 4. The number of nitrogens with zero attached hydrogens (tertiary/aromatic N) is 2. The Balaban J connectivity index is 1.47. The molecule has 3 nitrogen and oxygen atoms in total. The van der Waals surface area contributed by atoms with Crippen molar-refractivity contribution in [3.8, 4) is 0 Å². The lowest BCUT2D eigenvalue weighted by Crippen LogP contribution is -2.48. The Kier molecular flexibility index (Phi) is 4.96. The maximum atomic E-state index is 12.4. The molecule has 1 aliphatic heterocycles. The second kappa shape index (κ2) is 7.32. The van der Waals surface area contributed by atoms with Gasteiger partial charge in [0, 0.05) is 38.3 Å². The second-order valence-electron chi connectivity index (χ2n) is 6.02. The Morgan fingerprint density at radius 3 is 2.26 bits per heavy atom. The van der Waals surface area contributed by atoms with Crippen molar-refractivity contribution >= 4 is 11.6 Å². The summed E-state index contributed by atoms with van der Waals surface area (Å²) in [5.74, 6) is 0.221. The molecule has 1 radical (unpaired) electrons. The molecule has 0 atom stereocenters. The number of amides is 1. The summed E-state index contributed by atoms with van der Waals surface area (Å²) in [6, 6.07) is 18.7. The van der Waals surface area contributed by atoms with Gasteiger partial charge >= 0.3 is 0 Å². The van der Waals surface area contributed by atoms with Gasteiger partial charge in [0.1, 0.15) is 0 Å². The lowest BCUT2D eigenvalue weighted by atomic mass is 10.1. The highest BCUT2D eigenvalue weighted by molar-refractivity contribution is 5.78. The Bertz CT molecular complexity index is 628. The molecule has 3 heteroatoms. The lowest BCUT2D eigenvalue weighted by molar-refractivity contribution is -0.130. The minimum absolute atomic E-state index is 0.221. The minimum atomic E-state index is 0.221. The molecule has 2 aromatic rings. The van der Waals surface area contributed by atoms with Crippen LogP contribution in [0.25, 0.3) is 0 Å². The van der Waals surface area contributed by atoms with Crippen molar-refractivity contribution in [2.45, 2.75) is 13.3 Å². The first-order valence-electron chi connectivity index (χ1n) is 8.20. The second-order valence-corrected chi connectivity index (χ2v) is 6.02. The van der Waals surface area contributed by atoms with E-state index in [9.17, 15) is 4.79 Å². The smallest absolute Gasteiger partial charge is 0.223 e. The van der Waals surface area contributed by atoms with E-state index in [0.717, 1.165) is 31.7 Å². The summed E-state index contributed by atoms with van der Waals surface area (Å²) in [4.78, 5) is 16.7. The van der Waals surface area contributed by atoms with E-state index in [1.807, 2.05) is 17.4 Å². The van der Waals surface area contributed by atoms with Crippen LogP contribution in [-0.2, 0) is 4.79 Å². The first kappa shape index (κ1) is 15.6. The monoisotopic (exact) mass is 307 g/mol. The normalized spacial score (nSPS) is 14.8. The van der Waals surface area contributed by atoms with Gasteiger partial charge in [0.25, 0.3) is 0 Å². The van der Waals surface area contributed by atoms with Crippen molar-refractivity contribution in [3.63, 3.8) is 0 Å². The van der Waals surface area contributed by atoms with E-state index in [4.69, 9.17) is 0 Å². The highest BCUT2D eigenvalue weighted by Crippen LogP contribution is 2.16. The van der Waals surface area contributed by atoms with Crippen LogP contribution in [0.15, 0.2) is 54.6 Å². The molecular weight excluding hydrogens is 284 g/mol. The van der Waals surface area contributed by atoms with E-state index in [1.165, 1.54) is 11.3 Å². The van der Waals surface area contributed by atoms with Crippen LogP contribution in [0, 0.1) is 13.3 Å². The summed E-state index contributed by atoms with van der Waals surface area (Å²) < 4.78 is 0. The average Bonchev–Trinajstić information content (AvgIpc) is 2.62. The summed E-state index contributed by atoms with van der Waals surface area (Å²) >= 11 is 0. The van der Waals surface area contributed by atoms with E-state index in [1.54, 1.807) is 0 Å². The minimum Gasteiger partial charge on any atom is -0.368 e. The summed E-state index contributed by atoms with van der Waals surface area (Å²) in [6.45, 7) is 5.48. The number of hydrogen-bond donors (Lipinski definition) is 0. The highest BCUT2D eigenvalue weighted by atomic mass is 16.2. The van der Waals surface area contributed by atoms with Gasteiger partial charge in [-0.15, -0.1) is 0 Å². The maximum Gasteiger partial charge on any atom is 0.223 e. The van der Waals surface area contributed by atoms with Crippen molar-refractivity contribution < 1.29 is 4.79 Å². The summed E-state index contributed by atoms with van der Waals surface area (Å²) in [7, 11) is 0. The summed E-state index contributed by atoms with van der Waals surface area (Å²) in [5, 5.41) is 0. The van der Waals surface area contributed by atoms with Gasteiger partial charge in [-0.05, 0) is 31.0 Å². The quantitative estimate of drug-likeness (QED) is 0.865. The molecule has 0 saturated carbocycles. The van der Waals surface area contributed by atoms with Gasteiger partial charge in [-0.25, -0.2) is 0 Å². The van der Waals surface area contributed by atoms with Gasteiger partial charge in [0.2, 0.25) is 5.91 Å². The van der Waals surface area contributed by atoms with Crippen LogP contribution in [-0.4, -0.2) is 37.0 Å². The Morgan fingerprint density at radius 2 is 1.61 bits per heavy atom. The number of hydrogen-bond acceptors (Lipinski definition) is 2. The van der Waals surface area contributed by atoms with Gasteiger partial charge < -0.3 is 9.80 Å². The molecule has 1 aliphatic rings. The van der Waals surface area contributed by atoms with E-state index in [2.05, 4.69) is 60.4 Å². The molecule has 1 fully saturated rings. The van der Waals surface area contributed by atoms with Gasteiger partial charge in [-0.1, -0.05) is 48.0 Å². The van der Waals surface area contributed by atoms with Gasteiger partial charge in [0.15, 0.2) is 0 Å². The largest absolute Gasteiger partial charge is 0.368 e. The van der Waals surface area contributed by atoms with Crippen molar-refractivity contribution in [2.75, 3.05) is 31.1 Å².